The second kappa shape index (κ2) is 5.59. The van der Waals surface area contributed by atoms with E-state index in [4.69, 9.17) is 0 Å². The molecule has 7 heteroatoms. The molecule has 26 heavy (non-hydrogen) atoms. The Morgan fingerprint density at radius 2 is 1.96 bits per heavy atom. The van der Waals surface area contributed by atoms with Gasteiger partial charge in [0, 0.05) is 36.6 Å². The van der Waals surface area contributed by atoms with Gasteiger partial charge in [-0.15, -0.1) is 0 Å². The highest BCUT2D eigenvalue weighted by molar-refractivity contribution is 5.95. The first kappa shape index (κ1) is 16.6. The van der Waals surface area contributed by atoms with Crippen LogP contribution in [0.25, 0.3) is 16.9 Å². The van der Waals surface area contributed by atoms with E-state index in [1.807, 2.05) is 25.1 Å². The summed E-state index contributed by atoms with van der Waals surface area (Å²) in [6, 6.07) is 8.16. The zero-order valence-electron chi connectivity index (χ0n) is 14.2. The zero-order chi connectivity index (χ0) is 18.6. The van der Waals surface area contributed by atoms with E-state index in [1.165, 1.54) is 10.5 Å². The van der Waals surface area contributed by atoms with Gasteiger partial charge in [0.15, 0.2) is 0 Å². The summed E-state index contributed by atoms with van der Waals surface area (Å²) in [5, 5.41) is 0. The first-order valence-electron chi connectivity index (χ1n) is 8.23. The lowest BCUT2D eigenvalue weighted by Gasteiger charge is -2.20. The van der Waals surface area contributed by atoms with Crippen LogP contribution >= 0.6 is 0 Å². The molecule has 4 nitrogen and oxygen atoms in total. The Morgan fingerprint density at radius 1 is 1.19 bits per heavy atom. The van der Waals surface area contributed by atoms with Gasteiger partial charge in [0.25, 0.3) is 0 Å². The van der Waals surface area contributed by atoms with Crippen molar-refractivity contribution >= 4 is 17.2 Å². The first-order chi connectivity index (χ1) is 12.2. The second-order valence-corrected chi connectivity index (χ2v) is 6.59. The van der Waals surface area contributed by atoms with Crippen molar-refractivity contribution in [2.24, 2.45) is 0 Å². The molecule has 3 aromatic rings. The molecule has 0 aliphatic carbocycles. The van der Waals surface area contributed by atoms with Crippen molar-refractivity contribution in [3.05, 3.63) is 53.9 Å². The molecule has 1 unspecified atom stereocenters. The Kier molecular flexibility index (Phi) is 3.57. The van der Waals surface area contributed by atoms with E-state index in [2.05, 4.69) is 4.98 Å². The van der Waals surface area contributed by atoms with Crippen LogP contribution in [0.15, 0.2) is 42.7 Å². The summed E-state index contributed by atoms with van der Waals surface area (Å²) >= 11 is 0. The Bertz CT molecular complexity index is 1020. The summed E-state index contributed by atoms with van der Waals surface area (Å²) in [4.78, 5) is 18.0. The maximum Gasteiger partial charge on any atom is 0.417 e. The van der Waals surface area contributed by atoms with Crippen molar-refractivity contribution in [2.75, 3.05) is 4.90 Å². The molecule has 0 bridgehead atoms. The molecular weight excluding hydrogens is 343 g/mol. The molecule has 3 heterocycles. The maximum atomic E-state index is 12.9. The van der Waals surface area contributed by atoms with Gasteiger partial charge in [-0.3, -0.25) is 4.79 Å². The standard InChI is InChI=1S/C19H16F3N3O/c1-11-7-14-8-13(3-5-17(14)25(11)12(2)26)16-10-24-9-15(19(20,21)22)4-6-18(24)23-16/h3-6,8-11H,7H2,1-2H3. The summed E-state index contributed by atoms with van der Waals surface area (Å²) < 4.78 is 40.0. The number of anilines is 1. The van der Waals surface area contributed by atoms with Crippen LogP contribution in [0.5, 0.6) is 0 Å². The number of hydrogen-bond acceptors (Lipinski definition) is 2. The molecule has 2 aromatic heterocycles. The largest absolute Gasteiger partial charge is 0.417 e. The molecule has 1 aliphatic rings. The van der Waals surface area contributed by atoms with Gasteiger partial charge in [-0.25, -0.2) is 4.98 Å². The maximum absolute atomic E-state index is 12.9. The van der Waals surface area contributed by atoms with Crippen molar-refractivity contribution in [1.29, 1.82) is 0 Å². The number of fused-ring (bicyclic) bond motifs is 2. The normalized spacial score (nSPS) is 17.0. The molecule has 0 N–H and O–H groups in total. The Hall–Kier alpha value is -2.83. The minimum absolute atomic E-state index is 0.00332. The average Bonchev–Trinajstić information content (AvgIpc) is 3.11. The molecule has 0 radical (unpaired) electrons. The lowest BCUT2D eigenvalue weighted by atomic mass is 10.1. The quantitative estimate of drug-likeness (QED) is 0.649. The SMILES string of the molecule is CC(=O)N1c2ccc(-c3cn4cc(C(F)(F)F)ccc4n3)cc2CC1C. The molecule has 1 aromatic carbocycles. The van der Waals surface area contributed by atoms with Crippen LogP contribution in [0.4, 0.5) is 18.9 Å². The molecule has 1 amide bonds. The van der Waals surface area contributed by atoms with Gasteiger partial charge in [0.2, 0.25) is 5.91 Å². The van der Waals surface area contributed by atoms with Crippen molar-refractivity contribution in [3.8, 4) is 11.3 Å². The molecule has 1 aliphatic heterocycles. The van der Waals surface area contributed by atoms with Gasteiger partial charge >= 0.3 is 6.18 Å². The average molecular weight is 359 g/mol. The van der Waals surface area contributed by atoms with E-state index in [-0.39, 0.29) is 11.9 Å². The van der Waals surface area contributed by atoms with E-state index in [0.29, 0.717) is 11.3 Å². The van der Waals surface area contributed by atoms with Crippen LogP contribution < -0.4 is 4.90 Å². The summed E-state index contributed by atoms with van der Waals surface area (Å²) in [6.07, 6.45) is -1.01. The Morgan fingerprint density at radius 3 is 2.65 bits per heavy atom. The lowest BCUT2D eigenvalue weighted by Crippen LogP contribution is -2.33. The number of hydrogen-bond donors (Lipinski definition) is 0. The zero-order valence-corrected chi connectivity index (χ0v) is 14.2. The molecule has 0 spiro atoms. The van der Waals surface area contributed by atoms with Crippen LogP contribution in [0.3, 0.4) is 0 Å². The van der Waals surface area contributed by atoms with E-state index >= 15 is 0 Å². The summed E-state index contributed by atoms with van der Waals surface area (Å²) in [6.45, 7) is 3.53. The molecule has 4 rings (SSSR count). The molecule has 0 saturated carbocycles. The summed E-state index contributed by atoms with van der Waals surface area (Å²) in [5.74, 6) is -0.00332. The smallest absolute Gasteiger partial charge is 0.309 e. The van der Waals surface area contributed by atoms with E-state index in [1.54, 1.807) is 18.0 Å². The predicted molar refractivity (Wildman–Crippen MR) is 92.0 cm³/mol. The van der Waals surface area contributed by atoms with Crippen molar-refractivity contribution in [1.82, 2.24) is 9.38 Å². The Labute approximate surface area is 147 Å². The van der Waals surface area contributed by atoms with E-state index in [9.17, 15) is 18.0 Å². The van der Waals surface area contributed by atoms with Crippen LogP contribution in [0.2, 0.25) is 0 Å². The number of amides is 1. The molecule has 134 valence electrons. The highest BCUT2D eigenvalue weighted by Gasteiger charge is 2.31. The fourth-order valence-electron chi connectivity index (χ4n) is 3.57. The lowest BCUT2D eigenvalue weighted by molar-refractivity contribution is -0.137. The number of alkyl halides is 3. The van der Waals surface area contributed by atoms with Crippen molar-refractivity contribution < 1.29 is 18.0 Å². The number of nitrogens with zero attached hydrogens (tertiary/aromatic N) is 3. The number of imidazole rings is 1. The van der Waals surface area contributed by atoms with Gasteiger partial charge in [0.1, 0.15) is 5.65 Å². The van der Waals surface area contributed by atoms with Gasteiger partial charge in [-0.1, -0.05) is 6.07 Å². The number of benzene rings is 1. The number of halogens is 3. The number of aromatic nitrogens is 2. The fraction of sp³-hybridized carbons (Fsp3) is 0.263. The van der Waals surface area contributed by atoms with E-state index in [0.717, 1.165) is 35.5 Å². The van der Waals surface area contributed by atoms with Gasteiger partial charge in [0.05, 0.1) is 11.3 Å². The van der Waals surface area contributed by atoms with Crippen LogP contribution in [-0.2, 0) is 17.4 Å². The Balaban J connectivity index is 1.75. The van der Waals surface area contributed by atoms with Gasteiger partial charge < -0.3 is 9.30 Å². The van der Waals surface area contributed by atoms with Crippen LogP contribution in [0.1, 0.15) is 25.0 Å². The highest BCUT2D eigenvalue weighted by atomic mass is 19.4. The first-order valence-corrected chi connectivity index (χ1v) is 8.23. The number of pyridine rings is 1. The molecule has 1 atom stereocenters. The molecule has 0 fully saturated rings. The third kappa shape index (κ3) is 2.64. The van der Waals surface area contributed by atoms with Gasteiger partial charge in [-0.2, -0.15) is 13.2 Å². The third-order valence-corrected chi connectivity index (χ3v) is 4.71. The predicted octanol–water partition coefficient (Wildman–Crippen LogP) is 4.32. The number of carbonyl (C=O) groups excluding carboxylic acids is 1. The third-order valence-electron chi connectivity index (χ3n) is 4.71. The molecule has 0 saturated heterocycles. The summed E-state index contributed by atoms with van der Waals surface area (Å²) in [5.41, 5.74) is 3.08. The van der Waals surface area contributed by atoms with Crippen LogP contribution in [0, 0.1) is 0 Å². The minimum atomic E-state index is -4.39. The minimum Gasteiger partial charge on any atom is -0.309 e. The highest BCUT2D eigenvalue weighted by Crippen LogP contribution is 2.35. The van der Waals surface area contributed by atoms with E-state index < -0.39 is 11.7 Å². The number of carbonyl (C=O) groups is 1. The monoisotopic (exact) mass is 359 g/mol. The second-order valence-electron chi connectivity index (χ2n) is 6.59. The topological polar surface area (TPSA) is 37.6 Å². The summed E-state index contributed by atoms with van der Waals surface area (Å²) in [7, 11) is 0. The molecular formula is C19H16F3N3O. The van der Waals surface area contributed by atoms with Crippen LogP contribution in [-0.4, -0.2) is 21.3 Å². The number of rotatable bonds is 1. The fourth-order valence-corrected chi connectivity index (χ4v) is 3.57. The van der Waals surface area contributed by atoms with Gasteiger partial charge in [-0.05, 0) is 43.2 Å². The van der Waals surface area contributed by atoms with Crippen molar-refractivity contribution in [2.45, 2.75) is 32.5 Å². The van der Waals surface area contributed by atoms with Crippen molar-refractivity contribution in [3.63, 3.8) is 0 Å².